The van der Waals surface area contributed by atoms with Crippen LogP contribution in [0.25, 0.3) is 44.2 Å². The number of aryl methyl sites for hydroxylation is 1. The SMILES string of the molecule is CCc1cc(C(C)(C)C)ccc1N1c2cc(-c3cccc(-c4ccc5c(c4)oc4ccccc45)c3)cc3c2B2c4c1cccc4C1(c4ccc5c(c42)N3c2ccccc2C52C3CC4CC(C3)CC2C4)C2CC3CC(C2)CC1C3. The third-order valence-electron chi connectivity index (χ3n) is 23.5. The number of hydrogen-bond donors (Lipinski definition) is 0. The molecule has 0 radical (unpaired) electrons. The number of nitrogens with zero attached hydrogens (tertiary/aromatic N) is 2. The fraction of sp³-hybridized carbons (Fsp3) is 0.351. The molecule has 2 spiro atoms. The Kier molecular flexibility index (Phi) is 8.43. The quantitative estimate of drug-likeness (QED) is 0.164. The smallest absolute Gasteiger partial charge is 0.252 e. The second-order valence-electron chi connectivity index (χ2n) is 27.9. The molecule has 78 heavy (non-hydrogen) atoms. The standard InChI is InChI=1S/C74H67BN2O/c1-5-45-37-50(72(2,3)4)21-25-61(45)76-63-18-11-16-58-68(63)75-69-59(74(58)53-32-43-27-44(34-53)35-54(74)33-43)23-24-60-71(69)77(62-17-8-7-15-57(62)73(60)51-28-41-26-42(30-51)31-52(73)29-41)65-39-49(38-64(76)70(65)75)47-13-10-12-46(36-47)48-20-22-56-55-14-6-9-19-66(55)78-67(56)40-48/h6-25,36-44,51-54H,5,26-35H2,1-4H3. The molecule has 9 aromatic rings. The van der Waals surface area contributed by atoms with Crippen LogP contribution in [0.2, 0.25) is 0 Å². The van der Waals surface area contributed by atoms with Gasteiger partial charge in [-0.15, -0.1) is 0 Å². The van der Waals surface area contributed by atoms with Gasteiger partial charge in [0, 0.05) is 50.0 Å². The second kappa shape index (κ2) is 14.9. The molecular weight excluding hydrogens is 944 g/mol. The van der Waals surface area contributed by atoms with Crippen LogP contribution in [-0.4, -0.2) is 6.71 Å². The summed E-state index contributed by atoms with van der Waals surface area (Å²) in [5.74, 6) is 6.25. The molecule has 0 N–H and O–H groups in total. The summed E-state index contributed by atoms with van der Waals surface area (Å²) in [6.45, 7) is 9.66. The molecule has 8 bridgehead atoms. The molecule has 382 valence electrons. The average Bonchev–Trinajstić information content (AvgIpc) is 1.71. The third kappa shape index (κ3) is 5.31. The van der Waals surface area contributed by atoms with Crippen LogP contribution in [0.15, 0.2) is 156 Å². The highest BCUT2D eigenvalue weighted by Crippen LogP contribution is 2.72. The van der Waals surface area contributed by atoms with E-state index in [9.17, 15) is 0 Å². The number of hydrogen-bond acceptors (Lipinski definition) is 3. The Balaban J connectivity index is 0.919. The Bertz CT molecular complexity index is 4090. The summed E-state index contributed by atoms with van der Waals surface area (Å²) in [7, 11) is 0. The number of para-hydroxylation sites is 2. The van der Waals surface area contributed by atoms with Gasteiger partial charge in [0.2, 0.25) is 0 Å². The molecule has 0 atom stereocenters. The van der Waals surface area contributed by atoms with Gasteiger partial charge >= 0.3 is 0 Å². The predicted octanol–water partition coefficient (Wildman–Crippen LogP) is 17.0. The Morgan fingerprint density at radius 1 is 0.436 bits per heavy atom. The molecule has 8 saturated carbocycles. The molecule has 8 fully saturated rings. The molecule has 4 heteroatoms. The first-order valence-corrected chi connectivity index (χ1v) is 30.5. The van der Waals surface area contributed by atoms with Gasteiger partial charge in [0.05, 0.1) is 5.69 Å². The minimum absolute atomic E-state index is 0.00953. The fourth-order valence-electron chi connectivity index (χ4n) is 21.2. The van der Waals surface area contributed by atoms with E-state index in [-0.39, 0.29) is 23.0 Å². The number of rotatable bonds is 4. The topological polar surface area (TPSA) is 19.6 Å². The van der Waals surface area contributed by atoms with Gasteiger partial charge in [0.1, 0.15) is 11.2 Å². The molecule has 8 aromatic carbocycles. The van der Waals surface area contributed by atoms with Crippen LogP contribution < -0.4 is 26.2 Å². The molecule has 0 amide bonds. The van der Waals surface area contributed by atoms with Crippen molar-refractivity contribution in [2.45, 2.75) is 115 Å². The van der Waals surface area contributed by atoms with Crippen LogP contribution in [0.4, 0.5) is 34.1 Å². The summed E-state index contributed by atoms with van der Waals surface area (Å²) >= 11 is 0. The molecule has 21 rings (SSSR count). The molecule has 4 aliphatic heterocycles. The lowest BCUT2D eigenvalue weighted by atomic mass is 9.25. The number of benzene rings is 8. The molecule has 0 unspecified atom stereocenters. The predicted molar refractivity (Wildman–Crippen MR) is 322 cm³/mol. The maximum Gasteiger partial charge on any atom is 0.252 e. The maximum atomic E-state index is 6.50. The summed E-state index contributed by atoms with van der Waals surface area (Å²) in [4.78, 5) is 5.73. The van der Waals surface area contributed by atoms with Crippen LogP contribution >= 0.6 is 0 Å². The van der Waals surface area contributed by atoms with Crippen molar-refractivity contribution >= 4 is 79.2 Å². The minimum atomic E-state index is 0.00953. The highest BCUT2D eigenvalue weighted by molar-refractivity contribution is 7.01. The Labute approximate surface area is 460 Å². The molecule has 1 aromatic heterocycles. The molecule has 0 saturated heterocycles. The van der Waals surface area contributed by atoms with Gasteiger partial charge in [-0.3, -0.25) is 0 Å². The third-order valence-corrected chi connectivity index (χ3v) is 23.5. The Hall–Kier alpha value is -6.78. The van der Waals surface area contributed by atoms with Gasteiger partial charge in [0.15, 0.2) is 0 Å². The van der Waals surface area contributed by atoms with Crippen molar-refractivity contribution in [3.05, 3.63) is 185 Å². The molecule has 5 heterocycles. The van der Waals surface area contributed by atoms with Crippen LogP contribution in [0.1, 0.15) is 125 Å². The zero-order valence-electron chi connectivity index (χ0n) is 45.7. The van der Waals surface area contributed by atoms with Crippen LogP contribution in [0, 0.1) is 47.3 Å². The van der Waals surface area contributed by atoms with Gasteiger partial charge in [-0.25, -0.2) is 0 Å². The zero-order valence-corrected chi connectivity index (χ0v) is 45.7. The summed E-state index contributed by atoms with van der Waals surface area (Å²) < 4.78 is 6.50. The molecule has 3 nitrogen and oxygen atoms in total. The fourth-order valence-corrected chi connectivity index (χ4v) is 21.2. The van der Waals surface area contributed by atoms with Crippen molar-refractivity contribution in [1.82, 2.24) is 0 Å². The lowest BCUT2D eigenvalue weighted by Crippen LogP contribution is -2.72. The zero-order chi connectivity index (χ0) is 51.3. The van der Waals surface area contributed by atoms with Crippen molar-refractivity contribution < 1.29 is 4.42 Å². The van der Waals surface area contributed by atoms with Gasteiger partial charge in [-0.1, -0.05) is 125 Å². The summed E-state index contributed by atoms with van der Waals surface area (Å²) in [6.07, 6.45) is 15.0. The van der Waals surface area contributed by atoms with Crippen molar-refractivity contribution in [2.75, 3.05) is 9.80 Å². The van der Waals surface area contributed by atoms with E-state index in [0.717, 1.165) is 41.3 Å². The van der Waals surface area contributed by atoms with E-state index in [1.165, 1.54) is 142 Å². The van der Waals surface area contributed by atoms with E-state index >= 15 is 0 Å². The summed E-state index contributed by atoms with van der Waals surface area (Å²) in [5, 5.41) is 2.34. The van der Waals surface area contributed by atoms with E-state index < -0.39 is 0 Å². The molecular formula is C74H67BN2O. The van der Waals surface area contributed by atoms with Crippen molar-refractivity contribution in [3.63, 3.8) is 0 Å². The summed E-state index contributed by atoms with van der Waals surface area (Å²) in [6, 6.07) is 60.9. The molecule has 8 aliphatic carbocycles. The summed E-state index contributed by atoms with van der Waals surface area (Å²) in [5.41, 5.74) is 29.8. The van der Waals surface area contributed by atoms with Crippen molar-refractivity contribution in [1.29, 1.82) is 0 Å². The van der Waals surface area contributed by atoms with E-state index in [2.05, 4.69) is 189 Å². The highest BCUT2D eigenvalue weighted by atomic mass is 16.3. The normalized spacial score (nSPS) is 29.4. The average molecular weight is 1010 g/mol. The van der Waals surface area contributed by atoms with Gasteiger partial charge < -0.3 is 14.2 Å². The van der Waals surface area contributed by atoms with Gasteiger partial charge in [-0.05, 0) is 250 Å². The van der Waals surface area contributed by atoms with Gasteiger partial charge in [0.25, 0.3) is 6.71 Å². The Morgan fingerprint density at radius 3 is 1.73 bits per heavy atom. The first-order valence-electron chi connectivity index (χ1n) is 30.5. The first kappa shape index (κ1) is 44.1. The first-order chi connectivity index (χ1) is 38.2. The van der Waals surface area contributed by atoms with Crippen LogP contribution in [0.5, 0.6) is 0 Å². The van der Waals surface area contributed by atoms with Crippen LogP contribution in [-0.2, 0) is 22.7 Å². The number of anilines is 6. The van der Waals surface area contributed by atoms with Crippen molar-refractivity contribution in [3.8, 4) is 22.3 Å². The lowest BCUT2D eigenvalue weighted by Gasteiger charge is -2.67. The minimum Gasteiger partial charge on any atom is -0.456 e. The lowest BCUT2D eigenvalue weighted by molar-refractivity contribution is -0.0430. The van der Waals surface area contributed by atoms with Crippen LogP contribution in [0.3, 0.4) is 0 Å². The monoisotopic (exact) mass is 1010 g/mol. The van der Waals surface area contributed by atoms with Gasteiger partial charge in [-0.2, -0.15) is 0 Å². The van der Waals surface area contributed by atoms with Crippen molar-refractivity contribution in [2.24, 2.45) is 47.3 Å². The van der Waals surface area contributed by atoms with E-state index in [1.54, 1.807) is 38.9 Å². The largest absolute Gasteiger partial charge is 0.456 e. The highest BCUT2D eigenvalue weighted by Gasteiger charge is 2.67. The van der Waals surface area contributed by atoms with E-state index in [1.807, 2.05) is 0 Å². The second-order valence-corrected chi connectivity index (χ2v) is 27.9. The van der Waals surface area contributed by atoms with E-state index in [4.69, 9.17) is 4.42 Å². The Morgan fingerprint density at radius 2 is 1.01 bits per heavy atom. The number of furan rings is 1. The molecule has 12 aliphatic rings. The van der Waals surface area contributed by atoms with E-state index in [0.29, 0.717) is 23.7 Å². The number of fused-ring (bicyclic) bond motifs is 6. The maximum absolute atomic E-state index is 6.50.